The zero-order valence-corrected chi connectivity index (χ0v) is 16.7. The molecule has 0 bridgehead atoms. The third kappa shape index (κ3) is 6.31. The predicted molar refractivity (Wildman–Crippen MR) is 108 cm³/mol. The lowest BCUT2D eigenvalue weighted by molar-refractivity contribution is 0.0765. The van der Waals surface area contributed by atoms with E-state index in [-0.39, 0.29) is 23.6 Å². The molecule has 2 rings (SSSR count). The number of benzene rings is 2. The van der Waals surface area contributed by atoms with Crippen molar-refractivity contribution in [3.63, 3.8) is 0 Å². The summed E-state index contributed by atoms with van der Waals surface area (Å²) in [6.07, 6.45) is -1.23. The molecule has 1 atom stereocenters. The second-order valence-electron chi connectivity index (χ2n) is 5.71. The Bertz CT molecular complexity index is 892. The molecule has 0 radical (unpaired) electrons. The van der Waals surface area contributed by atoms with E-state index in [0.717, 1.165) is 6.07 Å². The lowest BCUT2D eigenvalue weighted by atomic mass is 10.1. The summed E-state index contributed by atoms with van der Waals surface area (Å²) in [5.41, 5.74) is 1.00. The quantitative estimate of drug-likeness (QED) is 0.348. The van der Waals surface area contributed by atoms with Gasteiger partial charge in [0.2, 0.25) is 5.90 Å². The average Bonchev–Trinajstić information content (AvgIpc) is 2.70. The highest BCUT2D eigenvalue weighted by Gasteiger charge is 2.17. The third-order valence-corrected chi connectivity index (χ3v) is 4.75. The van der Waals surface area contributed by atoms with Crippen LogP contribution in [-0.4, -0.2) is 43.2 Å². The summed E-state index contributed by atoms with van der Waals surface area (Å²) in [5, 5.41) is 6.78. The number of halogens is 3. The molecular formula is C19H20F3N3O3S. The zero-order valence-electron chi connectivity index (χ0n) is 15.8. The van der Waals surface area contributed by atoms with Gasteiger partial charge in [-0.1, -0.05) is 6.07 Å². The lowest BCUT2D eigenvalue weighted by Gasteiger charge is -2.22. The average molecular weight is 427 g/mol. The van der Waals surface area contributed by atoms with Gasteiger partial charge in [0.15, 0.2) is 6.61 Å². The van der Waals surface area contributed by atoms with Crippen LogP contribution in [0.3, 0.4) is 0 Å². The smallest absolute Gasteiger partial charge is 0.272 e. The van der Waals surface area contributed by atoms with E-state index >= 15 is 0 Å². The van der Waals surface area contributed by atoms with Gasteiger partial charge in [-0.15, -0.1) is 5.10 Å². The van der Waals surface area contributed by atoms with E-state index in [1.54, 1.807) is 24.3 Å². The number of nitrogens with zero attached hydrogens (tertiary/aromatic N) is 3. The molecule has 0 amide bonds. The van der Waals surface area contributed by atoms with E-state index in [1.165, 1.54) is 29.8 Å². The van der Waals surface area contributed by atoms with Crippen molar-refractivity contribution in [2.45, 2.75) is 13.0 Å². The van der Waals surface area contributed by atoms with E-state index in [0.29, 0.717) is 11.4 Å². The largest absolute Gasteiger partial charge is 0.497 e. The highest BCUT2D eigenvalue weighted by atomic mass is 32.2. The Morgan fingerprint density at radius 3 is 2.45 bits per heavy atom. The van der Waals surface area contributed by atoms with Crippen molar-refractivity contribution < 1.29 is 26.9 Å². The molecule has 0 aliphatic rings. The molecular weight excluding hydrogens is 407 g/mol. The Kier molecular flexibility index (Phi) is 8.20. The van der Waals surface area contributed by atoms with Crippen molar-refractivity contribution in [1.29, 1.82) is 0 Å². The van der Waals surface area contributed by atoms with Gasteiger partial charge in [-0.2, -0.15) is 5.10 Å². The molecule has 0 spiro atoms. The van der Waals surface area contributed by atoms with Crippen LogP contribution in [0.5, 0.6) is 5.75 Å². The van der Waals surface area contributed by atoms with Gasteiger partial charge in [0.1, 0.15) is 22.6 Å². The first-order chi connectivity index (χ1) is 13.8. The van der Waals surface area contributed by atoms with E-state index < -0.39 is 29.8 Å². The van der Waals surface area contributed by atoms with Gasteiger partial charge >= 0.3 is 0 Å². The minimum absolute atomic E-state index is 0.0195. The van der Waals surface area contributed by atoms with Crippen LogP contribution in [0.2, 0.25) is 0 Å². The molecule has 6 nitrogen and oxygen atoms in total. The molecule has 2 aromatic carbocycles. The second-order valence-corrected chi connectivity index (χ2v) is 7.00. The van der Waals surface area contributed by atoms with Crippen LogP contribution in [0.15, 0.2) is 52.7 Å². The first-order valence-electron chi connectivity index (χ1n) is 8.34. The number of alkyl halides is 2. The van der Waals surface area contributed by atoms with Crippen molar-refractivity contribution in [2.24, 2.45) is 10.2 Å². The Morgan fingerprint density at radius 2 is 1.93 bits per heavy atom. The van der Waals surface area contributed by atoms with E-state index in [1.807, 2.05) is 0 Å². The monoisotopic (exact) mass is 427 g/mol. The Balaban J connectivity index is 2.26. The molecule has 0 N–H and O–H groups in total. The number of hydrogen-bond donors (Lipinski definition) is 0. The van der Waals surface area contributed by atoms with Gasteiger partial charge in [0.05, 0.1) is 13.7 Å². The van der Waals surface area contributed by atoms with E-state index in [9.17, 15) is 17.4 Å². The van der Waals surface area contributed by atoms with Crippen LogP contribution in [0.4, 0.5) is 18.9 Å². The van der Waals surface area contributed by atoms with Gasteiger partial charge in [0, 0.05) is 29.8 Å². The minimum Gasteiger partial charge on any atom is -0.497 e. The molecule has 0 fully saturated rings. The van der Waals surface area contributed by atoms with Crippen LogP contribution < -0.4 is 9.04 Å². The Hall–Kier alpha value is -2.88. The number of hydrogen-bond acceptors (Lipinski definition) is 5. The minimum atomic E-state index is -2.72. The second kappa shape index (κ2) is 10.6. The Morgan fingerprint density at radius 1 is 1.24 bits per heavy atom. The SMILES string of the molecule is C=N/N=C(\OCC(F)F)c1ccc(CN(c2ccc(OC)cc2)S(C)=O)c(F)c1. The molecule has 156 valence electrons. The summed E-state index contributed by atoms with van der Waals surface area (Å²) in [7, 11) is 0.108. The van der Waals surface area contributed by atoms with Crippen LogP contribution in [0, 0.1) is 5.82 Å². The summed E-state index contributed by atoms with van der Waals surface area (Å²) < 4.78 is 63.1. The fourth-order valence-electron chi connectivity index (χ4n) is 2.42. The summed E-state index contributed by atoms with van der Waals surface area (Å²) in [6, 6.07) is 10.8. The number of methoxy groups -OCH3 is 1. The summed E-state index contributed by atoms with van der Waals surface area (Å²) >= 11 is 0. The maximum atomic E-state index is 14.7. The van der Waals surface area contributed by atoms with Crippen LogP contribution in [0.25, 0.3) is 0 Å². The predicted octanol–water partition coefficient (Wildman–Crippen LogP) is 3.78. The lowest BCUT2D eigenvalue weighted by Crippen LogP contribution is -2.24. The van der Waals surface area contributed by atoms with E-state index in [4.69, 9.17) is 9.47 Å². The molecule has 0 aromatic heterocycles. The number of ether oxygens (including phenoxy) is 2. The molecule has 10 heteroatoms. The summed E-state index contributed by atoms with van der Waals surface area (Å²) in [4.78, 5) is 0. The van der Waals surface area contributed by atoms with E-state index in [2.05, 4.69) is 16.9 Å². The molecule has 0 aliphatic carbocycles. The molecule has 0 saturated carbocycles. The van der Waals surface area contributed by atoms with Gasteiger partial charge in [-0.3, -0.25) is 4.31 Å². The van der Waals surface area contributed by atoms with Crippen molar-refractivity contribution >= 4 is 29.3 Å². The van der Waals surface area contributed by atoms with Gasteiger partial charge in [0.25, 0.3) is 6.43 Å². The normalized spacial score (nSPS) is 12.6. The molecule has 0 saturated heterocycles. The number of rotatable bonds is 9. The molecule has 0 aliphatic heterocycles. The van der Waals surface area contributed by atoms with Crippen LogP contribution in [0.1, 0.15) is 11.1 Å². The third-order valence-electron chi connectivity index (χ3n) is 3.79. The highest BCUT2D eigenvalue weighted by Crippen LogP contribution is 2.23. The van der Waals surface area contributed by atoms with Crippen molar-refractivity contribution in [1.82, 2.24) is 0 Å². The van der Waals surface area contributed by atoms with Crippen molar-refractivity contribution in [2.75, 3.05) is 24.3 Å². The summed E-state index contributed by atoms with van der Waals surface area (Å²) in [5.74, 6) is -0.265. The topological polar surface area (TPSA) is 63.5 Å². The molecule has 2 aromatic rings. The van der Waals surface area contributed by atoms with Gasteiger partial charge in [-0.05, 0) is 36.4 Å². The summed E-state index contributed by atoms with van der Waals surface area (Å²) in [6.45, 7) is 2.26. The maximum absolute atomic E-state index is 14.7. The van der Waals surface area contributed by atoms with Crippen LogP contribution in [-0.2, 0) is 22.3 Å². The fourth-order valence-corrected chi connectivity index (χ4v) is 3.16. The fraction of sp³-hybridized carbons (Fsp3) is 0.263. The molecule has 1 unspecified atom stereocenters. The standard InChI is InChI=1S/C19H20F3N3O3S/c1-23-24-19(28-12-18(21)22)13-4-5-14(17(20)10-13)11-25(29(3)26)15-6-8-16(27-2)9-7-15/h4-10,18H,1,11-12H2,2-3H3/b24-19-. The van der Waals surface area contributed by atoms with Crippen LogP contribution >= 0.6 is 0 Å². The Labute approximate surface area is 169 Å². The molecule has 29 heavy (non-hydrogen) atoms. The van der Waals surface area contributed by atoms with Gasteiger partial charge in [-0.25, -0.2) is 17.4 Å². The van der Waals surface area contributed by atoms with Gasteiger partial charge < -0.3 is 9.47 Å². The first-order valence-corrected chi connectivity index (χ1v) is 9.85. The van der Waals surface area contributed by atoms with Crippen molar-refractivity contribution in [3.8, 4) is 5.75 Å². The molecule has 0 heterocycles. The van der Waals surface area contributed by atoms with Crippen molar-refractivity contribution in [3.05, 3.63) is 59.4 Å². The number of anilines is 1. The zero-order chi connectivity index (χ0) is 21.4. The first kappa shape index (κ1) is 22.4. The maximum Gasteiger partial charge on any atom is 0.272 e. The highest BCUT2D eigenvalue weighted by molar-refractivity contribution is 7.85.